The molecular formula is C52H33NO2. The van der Waals surface area contributed by atoms with E-state index in [-0.39, 0.29) is 0 Å². The topological polar surface area (TPSA) is 29.5 Å². The predicted molar refractivity (Wildman–Crippen MR) is 229 cm³/mol. The number of nitrogens with zero attached hydrogens (tertiary/aromatic N) is 1. The molecule has 258 valence electrons. The van der Waals surface area contributed by atoms with E-state index in [9.17, 15) is 0 Å². The van der Waals surface area contributed by atoms with Crippen molar-refractivity contribution in [1.82, 2.24) is 0 Å². The van der Waals surface area contributed by atoms with E-state index in [4.69, 9.17) is 8.83 Å². The van der Waals surface area contributed by atoms with Crippen LogP contribution in [0.15, 0.2) is 209 Å². The second kappa shape index (κ2) is 12.6. The van der Waals surface area contributed by atoms with Crippen molar-refractivity contribution < 1.29 is 8.83 Å². The molecule has 2 heterocycles. The number of fused-ring (bicyclic) bond motifs is 7. The average molecular weight is 704 g/mol. The molecule has 0 N–H and O–H groups in total. The van der Waals surface area contributed by atoms with Gasteiger partial charge in [0, 0.05) is 49.6 Å². The van der Waals surface area contributed by atoms with E-state index in [2.05, 4.69) is 181 Å². The van der Waals surface area contributed by atoms with Crippen LogP contribution in [0, 0.1) is 0 Å². The van der Waals surface area contributed by atoms with E-state index in [0.717, 1.165) is 83.2 Å². The Bertz CT molecular complexity index is 3200. The summed E-state index contributed by atoms with van der Waals surface area (Å²) in [6, 6.07) is 71.0. The van der Waals surface area contributed by atoms with Gasteiger partial charge in [-0.3, -0.25) is 0 Å². The Morgan fingerprint density at radius 2 is 0.800 bits per heavy atom. The summed E-state index contributed by atoms with van der Waals surface area (Å²) in [5, 5.41) is 6.96. The standard InChI is InChI=1S/C52H33NO2/c1-2-12-37-33-38(24-23-34(37)11-1)35-25-29-39(30-26-35)53(40-31-27-36(28-32-40)41-16-9-18-46-43-14-4-7-21-49(43)54-51(41)46)48-20-6-3-13-42(48)45-17-10-19-47-44-15-5-8-22-50(44)55-52(45)47/h1-33H. The summed E-state index contributed by atoms with van der Waals surface area (Å²) >= 11 is 0. The highest BCUT2D eigenvalue weighted by Crippen LogP contribution is 2.45. The van der Waals surface area contributed by atoms with Crippen LogP contribution in [0.5, 0.6) is 0 Å². The van der Waals surface area contributed by atoms with Crippen molar-refractivity contribution in [2.24, 2.45) is 0 Å². The Morgan fingerprint density at radius 3 is 1.49 bits per heavy atom. The molecule has 9 aromatic carbocycles. The molecule has 55 heavy (non-hydrogen) atoms. The highest BCUT2D eigenvalue weighted by molar-refractivity contribution is 6.11. The summed E-state index contributed by atoms with van der Waals surface area (Å²) in [5.74, 6) is 0. The fourth-order valence-corrected chi connectivity index (χ4v) is 8.22. The molecule has 0 fully saturated rings. The molecule has 0 saturated heterocycles. The third kappa shape index (κ3) is 5.20. The van der Waals surface area contributed by atoms with Crippen LogP contribution in [-0.2, 0) is 0 Å². The fraction of sp³-hybridized carbons (Fsp3) is 0. The van der Waals surface area contributed by atoms with Crippen molar-refractivity contribution in [3.05, 3.63) is 200 Å². The molecule has 0 amide bonds. The molecule has 0 atom stereocenters. The minimum absolute atomic E-state index is 0.886. The molecule has 3 nitrogen and oxygen atoms in total. The van der Waals surface area contributed by atoms with Crippen LogP contribution in [0.3, 0.4) is 0 Å². The largest absolute Gasteiger partial charge is 0.455 e. The van der Waals surface area contributed by atoms with Crippen LogP contribution in [-0.4, -0.2) is 0 Å². The number of hydrogen-bond donors (Lipinski definition) is 0. The zero-order valence-corrected chi connectivity index (χ0v) is 29.8. The lowest BCUT2D eigenvalue weighted by molar-refractivity contribution is 0.669. The molecule has 2 aromatic heterocycles. The quantitative estimate of drug-likeness (QED) is 0.173. The van der Waals surface area contributed by atoms with Gasteiger partial charge >= 0.3 is 0 Å². The zero-order valence-electron chi connectivity index (χ0n) is 29.8. The van der Waals surface area contributed by atoms with Crippen molar-refractivity contribution >= 4 is 71.7 Å². The molecule has 0 saturated carbocycles. The van der Waals surface area contributed by atoms with Gasteiger partial charge in [-0.15, -0.1) is 0 Å². The molecule has 0 aliphatic heterocycles. The van der Waals surface area contributed by atoms with Gasteiger partial charge in [0.15, 0.2) is 0 Å². The Balaban J connectivity index is 1.06. The average Bonchev–Trinajstić information content (AvgIpc) is 3.83. The smallest absolute Gasteiger partial charge is 0.143 e. The number of para-hydroxylation sites is 5. The van der Waals surface area contributed by atoms with Gasteiger partial charge in [0.2, 0.25) is 0 Å². The first-order chi connectivity index (χ1) is 27.3. The highest BCUT2D eigenvalue weighted by atomic mass is 16.3. The number of benzene rings is 9. The minimum Gasteiger partial charge on any atom is -0.455 e. The van der Waals surface area contributed by atoms with Crippen molar-refractivity contribution in [2.45, 2.75) is 0 Å². The second-order valence-electron chi connectivity index (χ2n) is 14.1. The Kier molecular flexibility index (Phi) is 7.17. The first kappa shape index (κ1) is 31.2. The summed E-state index contributed by atoms with van der Waals surface area (Å²) in [6.07, 6.45) is 0. The maximum absolute atomic E-state index is 6.57. The molecule has 0 aliphatic rings. The van der Waals surface area contributed by atoms with Crippen LogP contribution < -0.4 is 4.90 Å². The SMILES string of the molecule is c1ccc(N(c2ccc(-c3ccc4ccccc4c3)cc2)c2ccc(-c3cccc4c3oc3ccccc34)cc2)c(-c2cccc3c2oc2ccccc23)c1. The number of rotatable bonds is 6. The van der Waals surface area contributed by atoms with Gasteiger partial charge in [-0.2, -0.15) is 0 Å². The highest BCUT2D eigenvalue weighted by Gasteiger charge is 2.21. The monoisotopic (exact) mass is 703 g/mol. The number of furan rings is 2. The lowest BCUT2D eigenvalue weighted by Crippen LogP contribution is -2.11. The lowest BCUT2D eigenvalue weighted by Gasteiger charge is -2.28. The van der Waals surface area contributed by atoms with Gasteiger partial charge in [-0.1, -0.05) is 152 Å². The first-order valence-corrected chi connectivity index (χ1v) is 18.7. The van der Waals surface area contributed by atoms with Crippen LogP contribution in [0.2, 0.25) is 0 Å². The summed E-state index contributed by atoms with van der Waals surface area (Å²) in [4.78, 5) is 2.35. The third-order valence-electron chi connectivity index (χ3n) is 10.9. The van der Waals surface area contributed by atoms with Crippen LogP contribution in [0.4, 0.5) is 17.1 Å². The molecule has 0 unspecified atom stereocenters. The Morgan fingerprint density at radius 1 is 0.309 bits per heavy atom. The van der Waals surface area contributed by atoms with E-state index in [1.54, 1.807) is 0 Å². The van der Waals surface area contributed by atoms with Crippen molar-refractivity contribution in [3.63, 3.8) is 0 Å². The molecule has 3 heteroatoms. The van der Waals surface area contributed by atoms with E-state index < -0.39 is 0 Å². The van der Waals surface area contributed by atoms with E-state index in [1.807, 2.05) is 24.3 Å². The molecule has 0 spiro atoms. The molecule has 11 rings (SSSR count). The molecule has 0 aliphatic carbocycles. The Hall–Kier alpha value is -7.36. The summed E-state index contributed by atoms with van der Waals surface area (Å²) in [7, 11) is 0. The summed E-state index contributed by atoms with van der Waals surface area (Å²) in [6.45, 7) is 0. The van der Waals surface area contributed by atoms with E-state index in [0.29, 0.717) is 0 Å². The van der Waals surface area contributed by atoms with Crippen molar-refractivity contribution in [1.29, 1.82) is 0 Å². The molecule has 0 bridgehead atoms. The summed E-state index contributed by atoms with van der Waals surface area (Å²) < 4.78 is 13.0. The van der Waals surface area contributed by atoms with Gasteiger partial charge in [0.25, 0.3) is 0 Å². The van der Waals surface area contributed by atoms with Crippen molar-refractivity contribution in [3.8, 4) is 33.4 Å². The maximum Gasteiger partial charge on any atom is 0.143 e. The second-order valence-corrected chi connectivity index (χ2v) is 14.1. The molecular weight excluding hydrogens is 671 g/mol. The first-order valence-electron chi connectivity index (χ1n) is 18.7. The van der Waals surface area contributed by atoms with E-state index in [1.165, 1.54) is 21.9 Å². The maximum atomic E-state index is 6.57. The van der Waals surface area contributed by atoms with Crippen LogP contribution >= 0.6 is 0 Å². The normalized spacial score (nSPS) is 11.6. The number of hydrogen-bond acceptors (Lipinski definition) is 3. The van der Waals surface area contributed by atoms with Crippen LogP contribution in [0.25, 0.3) is 88.0 Å². The van der Waals surface area contributed by atoms with Gasteiger partial charge < -0.3 is 13.7 Å². The van der Waals surface area contributed by atoms with E-state index >= 15 is 0 Å². The van der Waals surface area contributed by atoms with Gasteiger partial charge in [-0.25, -0.2) is 0 Å². The summed E-state index contributed by atoms with van der Waals surface area (Å²) in [5.41, 5.74) is 13.4. The van der Waals surface area contributed by atoms with Crippen molar-refractivity contribution in [2.75, 3.05) is 4.90 Å². The number of anilines is 3. The minimum atomic E-state index is 0.886. The third-order valence-corrected chi connectivity index (χ3v) is 10.9. The predicted octanol–water partition coefficient (Wildman–Crippen LogP) is 15.1. The van der Waals surface area contributed by atoms with Gasteiger partial charge in [-0.05, 0) is 76.0 Å². The lowest BCUT2D eigenvalue weighted by atomic mass is 9.98. The molecule has 0 radical (unpaired) electrons. The Labute approximate surface area is 317 Å². The molecule has 11 aromatic rings. The van der Waals surface area contributed by atoms with Gasteiger partial charge in [0.1, 0.15) is 22.3 Å². The fourth-order valence-electron chi connectivity index (χ4n) is 8.22. The zero-order chi connectivity index (χ0) is 36.3. The van der Waals surface area contributed by atoms with Crippen LogP contribution in [0.1, 0.15) is 0 Å². The van der Waals surface area contributed by atoms with Gasteiger partial charge in [0.05, 0.1) is 5.69 Å².